The first-order chi connectivity index (χ1) is 7.77. The molecule has 0 spiro atoms. The van der Waals surface area contributed by atoms with E-state index < -0.39 is 6.10 Å². The molecule has 2 N–H and O–H groups in total. The maximum atomic E-state index is 9.53. The molecule has 0 saturated heterocycles. The van der Waals surface area contributed by atoms with Crippen LogP contribution in [-0.4, -0.2) is 31.0 Å². The van der Waals surface area contributed by atoms with Crippen molar-refractivity contribution in [2.24, 2.45) is 0 Å². The standard InChI is InChI=1S/C12H16N2O2/c1-2-16-9-11(15)8-14-12-6-4-3-5-10(12)7-13/h3-6,11,14-15H,2,8-9H2,1H3. The quantitative estimate of drug-likeness (QED) is 0.760. The lowest BCUT2D eigenvalue weighted by Gasteiger charge is -2.13. The maximum absolute atomic E-state index is 9.53. The van der Waals surface area contributed by atoms with Gasteiger partial charge in [0.1, 0.15) is 6.07 Å². The summed E-state index contributed by atoms with van der Waals surface area (Å²) in [5.74, 6) is 0. The second-order valence-corrected chi connectivity index (χ2v) is 3.35. The number of aliphatic hydroxyl groups excluding tert-OH is 1. The monoisotopic (exact) mass is 220 g/mol. The summed E-state index contributed by atoms with van der Waals surface area (Å²) < 4.78 is 5.09. The smallest absolute Gasteiger partial charge is 0.101 e. The van der Waals surface area contributed by atoms with Gasteiger partial charge in [0.05, 0.1) is 24.0 Å². The van der Waals surface area contributed by atoms with Crippen LogP contribution in [0, 0.1) is 11.3 Å². The molecule has 0 saturated carbocycles. The molecule has 86 valence electrons. The van der Waals surface area contributed by atoms with Crippen molar-refractivity contribution in [1.29, 1.82) is 5.26 Å². The van der Waals surface area contributed by atoms with E-state index in [-0.39, 0.29) is 0 Å². The number of hydrogen-bond donors (Lipinski definition) is 2. The lowest BCUT2D eigenvalue weighted by atomic mass is 10.2. The summed E-state index contributed by atoms with van der Waals surface area (Å²) in [6.45, 7) is 3.15. The molecule has 1 aromatic carbocycles. The summed E-state index contributed by atoms with van der Waals surface area (Å²) in [5, 5.41) is 21.4. The number of rotatable bonds is 6. The summed E-state index contributed by atoms with van der Waals surface area (Å²) in [6, 6.07) is 9.28. The third-order valence-electron chi connectivity index (χ3n) is 2.09. The number of benzene rings is 1. The van der Waals surface area contributed by atoms with E-state index in [1.165, 1.54) is 0 Å². The summed E-state index contributed by atoms with van der Waals surface area (Å²) in [5.41, 5.74) is 1.31. The van der Waals surface area contributed by atoms with E-state index in [1.54, 1.807) is 12.1 Å². The molecule has 1 unspecified atom stereocenters. The molecule has 0 radical (unpaired) electrons. The summed E-state index contributed by atoms with van der Waals surface area (Å²) >= 11 is 0. The van der Waals surface area contributed by atoms with Gasteiger partial charge in [0.2, 0.25) is 0 Å². The molecule has 0 aliphatic heterocycles. The average Bonchev–Trinajstić information content (AvgIpc) is 2.34. The molecule has 4 heteroatoms. The van der Waals surface area contributed by atoms with Crippen LogP contribution in [0.5, 0.6) is 0 Å². The van der Waals surface area contributed by atoms with Gasteiger partial charge in [-0.1, -0.05) is 12.1 Å². The predicted octanol–water partition coefficient (Wildman–Crippen LogP) is 1.37. The molecule has 0 aliphatic rings. The zero-order chi connectivity index (χ0) is 11.8. The number of ether oxygens (including phenoxy) is 1. The van der Waals surface area contributed by atoms with Gasteiger partial charge in [0.15, 0.2) is 0 Å². The lowest BCUT2D eigenvalue weighted by Crippen LogP contribution is -2.25. The van der Waals surface area contributed by atoms with Gasteiger partial charge in [-0.2, -0.15) is 5.26 Å². The van der Waals surface area contributed by atoms with Crippen LogP contribution in [-0.2, 0) is 4.74 Å². The predicted molar refractivity (Wildman–Crippen MR) is 62.1 cm³/mol. The van der Waals surface area contributed by atoms with E-state index in [9.17, 15) is 5.11 Å². The molecule has 4 nitrogen and oxygen atoms in total. The Hall–Kier alpha value is -1.57. The molecule has 16 heavy (non-hydrogen) atoms. The average molecular weight is 220 g/mol. The molecule has 0 amide bonds. The number of aliphatic hydroxyl groups is 1. The highest BCUT2D eigenvalue weighted by atomic mass is 16.5. The van der Waals surface area contributed by atoms with Crippen molar-refractivity contribution in [2.45, 2.75) is 13.0 Å². The first kappa shape index (κ1) is 12.5. The maximum Gasteiger partial charge on any atom is 0.101 e. The zero-order valence-electron chi connectivity index (χ0n) is 9.31. The van der Waals surface area contributed by atoms with Crippen molar-refractivity contribution in [1.82, 2.24) is 0 Å². The third kappa shape index (κ3) is 3.89. The van der Waals surface area contributed by atoms with Crippen LogP contribution in [0.15, 0.2) is 24.3 Å². The van der Waals surface area contributed by atoms with E-state index in [1.807, 2.05) is 19.1 Å². The summed E-state index contributed by atoms with van der Waals surface area (Å²) in [7, 11) is 0. The summed E-state index contributed by atoms with van der Waals surface area (Å²) in [6.07, 6.45) is -0.563. The van der Waals surface area contributed by atoms with Gasteiger partial charge >= 0.3 is 0 Å². The number of hydrogen-bond acceptors (Lipinski definition) is 4. The van der Waals surface area contributed by atoms with Crippen molar-refractivity contribution in [3.05, 3.63) is 29.8 Å². The van der Waals surface area contributed by atoms with Crippen molar-refractivity contribution in [3.8, 4) is 6.07 Å². The van der Waals surface area contributed by atoms with Crippen molar-refractivity contribution in [2.75, 3.05) is 25.1 Å². The largest absolute Gasteiger partial charge is 0.389 e. The van der Waals surface area contributed by atoms with E-state index in [4.69, 9.17) is 10.00 Å². The highest BCUT2D eigenvalue weighted by Crippen LogP contribution is 2.13. The van der Waals surface area contributed by atoms with Gasteiger partial charge in [0.25, 0.3) is 0 Å². The topological polar surface area (TPSA) is 65.3 Å². The van der Waals surface area contributed by atoms with Crippen LogP contribution in [0.1, 0.15) is 12.5 Å². The molecule has 0 bridgehead atoms. The Morgan fingerprint density at radius 1 is 1.50 bits per heavy atom. The van der Waals surface area contributed by atoms with Crippen molar-refractivity contribution >= 4 is 5.69 Å². The molecule has 0 aromatic heterocycles. The Kier molecular flexibility index (Phi) is 5.34. The first-order valence-electron chi connectivity index (χ1n) is 5.26. The number of nitrogens with one attached hydrogen (secondary N) is 1. The Morgan fingerprint density at radius 3 is 2.94 bits per heavy atom. The Balaban J connectivity index is 2.45. The van der Waals surface area contributed by atoms with E-state index in [2.05, 4.69) is 11.4 Å². The minimum absolute atomic E-state index is 0.304. The fourth-order valence-electron chi connectivity index (χ4n) is 1.28. The highest BCUT2D eigenvalue weighted by Gasteiger charge is 2.05. The van der Waals surface area contributed by atoms with Gasteiger partial charge in [-0.25, -0.2) is 0 Å². The minimum Gasteiger partial charge on any atom is -0.389 e. The summed E-state index contributed by atoms with van der Waals surface area (Å²) in [4.78, 5) is 0. The number of anilines is 1. The zero-order valence-corrected chi connectivity index (χ0v) is 9.31. The SMILES string of the molecule is CCOCC(O)CNc1ccccc1C#N. The second kappa shape index (κ2) is 6.83. The highest BCUT2D eigenvalue weighted by molar-refractivity contribution is 5.57. The van der Waals surface area contributed by atoms with Crippen LogP contribution < -0.4 is 5.32 Å². The van der Waals surface area contributed by atoms with Crippen molar-refractivity contribution < 1.29 is 9.84 Å². The van der Waals surface area contributed by atoms with Crippen LogP contribution in [0.3, 0.4) is 0 Å². The number of para-hydroxylation sites is 1. The van der Waals surface area contributed by atoms with E-state index in [0.717, 1.165) is 5.69 Å². The van der Waals surface area contributed by atoms with Gasteiger partial charge in [-0.15, -0.1) is 0 Å². The van der Waals surface area contributed by atoms with Crippen LogP contribution in [0.2, 0.25) is 0 Å². The van der Waals surface area contributed by atoms with Crippen LogP contribution >= 0.6 is 0 Å². The van der Waals surface area contributed by atoms with Gasteiger partial charge in [-0.05, 0) is 19.1 Å². The van der Waals surface area contributed by atoms with E-state index >= 15 is 0 Å². The number of nitrogens with zero attached hydrogens (tertiary/aromatic N) is 1. The van der Waals surface area contributed by atoms with Gasteiger partial charge < -0.3 is 15.2 Å². The molecule has 1 aromatic rings. The molecular formula is C12H16N2O2. The van der Waals surface area contributed by atoms with Crippen LogP contribution in [0.4, 0.5) is 5.69 Å². The third-order valence-corrected chi connectivity index (χ3v) is 2.09. The number of nitriles is 1. The molecule has 0 fully saturated rings. The van der Waals surface area contributed by atoms with E-state index in [0.29, 0.717) is 25.3 Å². The van der Waals surface area contributed by atoms with Crippen LogP contribution in [0.25, 0.3) is 0 Å². The molecule has 0 heterocycles. The molecule has 1 rings (SSSR count). The Bertz CT molecular complexity index is 360. The normalized spacial score (nSPS) is 11.8. The Labute approximate surface area is 95.5 Å². The van der Waals surface area contributed by atoms with Gasteiger partial charge in [0, 0.05) is 13.2 Å². The second-order valence-electron chi connectivity index (χ2n) is 3.35. The lowest BCUT2D eigenvalue weighted by molar-refractivity contribution is 0.0496. The first-order valence-corrected chi connectivity index (χ1v) is 5.26. The van der Waals surface area contributed by atoms with Crippen molar-refractivity contribution in [3.63, 3.8) is 0 Å². The molecule has 1 atom stereocenters. The molecular weight excluding hydrogens is 204 g/mol. The molecule has 0 aliphatic carbocycles. The fraction of sp³-hybridized carbons (Fsp3) is 0.417. The minimum atomic E-state index is -0.563. The fourth-order valence-corrected chi connectivity index (χ4v) is 1.28. The van der Waals surface area contributed by atoms with Gasteiger partial charge in [-0.3, -0.25) is 0 Å². The Morgan fingerprint density at radius 2 is 2.25 bits per heavy atom.